The Bertz CT molecular complexity index is 2430. The van der Waals surface area contributed by atoms with Crippen molar-refractivity contribution in [2.75, 3.05) is 93.6 Å². The first kappa shape index (κ1) is 37.5. The Morgan fingerprint density at radius 3 is 1.51 bits per heavy atom. The number of halogens is 2. The average molecular weight is 749 g/mol. The summed E-state index contributed by atoms with van der Waals surface area (Å²) in [6.45, 7) is 7.70. The van der Waals surface area contributed by atoms with E-state index in [0.717, 1.165) is 68.3 Å². The lowest BCUT2D eigenvalue weighted by atomic mass is 10.1. The van der Waals surface area contributed by atoms with Crippen molar-refractivity contribution in [2.45, 2.75) is 13.0 Å². The molecule has 55 heavy (non-hydrogen) atoms. The maximum Gasteiger partial charge on any atom is 0.258 e. The van der Waals surface area contributed by atoms with Crippen LogP contribution in [0.3, 0.4) is 0 Å². The molecule has 0 unspecified atom stereocenters. The molecule has 286 valence electrons. The molecule has 1 atom stereocenters. The molecule has 2 aromatic carbocycles. The third-order valence-corrected chi connectivity index (χ3v) is 9.98. The summed E-state index contributed by atoms with van der Waals surface area (Å²) in [5.74, 6) is -0.984. The highest BCUT2D eigenvalue weighted by molar-refractivity contribution is 5.67. The number of rotatable bonds is 6. The van der Waals surface area contributed by atoms with E-state index in [1.807, 2.05) is 86.5 Å². The van der Waals surface area contributed by atoms with Gasteiger partial charge in [-0.05, 0) is 31.2 Å². The summed E-state index contributed by atoms with van der Waals surface area (Å²) in [6, 6.07) is 21.5. The molecule has 0 amide bonds. The second-order valence-corrected chi connectivity index (χ2v) is 14.4. The van der Waals surface area contributed by atoms with E-state index >= 15 is 0 Å². The van der Waals surface area contributed by atoms with Crippen molar-refractivity contribution in [3.63, 3.8) is 0 Å². The molecule has 2 fully saturated rings. The number of pyridine rings is 2. The standard InChI is InChI=1S/C21H24FN5O.C20H22FN5O/c1-14-12-26(9-8-23-14)17-10-18(22)21-24-19(11-20(28)27(21)13-17)15-4-6-16(7-5-15)25(2)3;1-24(2)15-5-3-14(4-6-15)18-12-19(27)26-13-16(11-17(21)20(26)23-18)25-9-7-22-8-10-25/h4-7,10-11,13-14,23H,8-9,12H2,1-3H3;3-6,11-13,22H,7-10H2,1-2H3/t14-;/m1./s1. The van der Waals surface area contributed by atoms with E-state index in [0.29, 0.717) is 28.8 Å². The van der Waals surface area contributed by atoms with E-state index in [-0.39, 0.29) is 22.4 Å². The van der Waals surface area contributed by atoms with Gasteiger partial charge < -0.3 is 30.2 Å². The molecule has 2 saturated heterocycles. The Balaban J connectivity index is 0.000000169. The first-order chi connectivity index (χ1) is 26.4. The number of anilines is 4. The van der Waals surface area contributed by atoms with Crippen molar-refractivity contribution in [3.8, 4) is 22.5 Å². The van der Waals surface area contributed by atoms with Crippen LogP contribution in [0.15, 0.2) is 94.8 Å². The van der Waals surface area contributed by atoms with Gasteiger partial charge in [0.15, 0.2) is 22.9 Å². The summed E-state index contributed by atoms with van der Waals surface area (Å²) in [4.78, 5) is 42.3. The van der Waals surface area contributed by atoms with Gasteiger partial charge in [0.25, 0.3) is 11.1 Å². The SMILES string of the molecule is CN(C)c1ccc(-c2cc(=O)n3cc(N4CCNCC4)cc(F)c3n2)cc1.C[C@@H]1CN(c2cc(F)c3nc(-c4ccc(N(C)C)cc4)cc(=O)n3c2)CCN1. The van der Waals surface area contributed by atoms with Gasteiger partial charge in [0.2, 0.25) is 0 Å². The molecular formula is C41H46F2N10O2. The molecular weight excluding hydrogens is 703 g/mol. The predicted octanol–water partition coefficient (Wildman–Crippen LogP) is 4.34. The van der Waals surface area contributed by atoms with Gasteiger partial charge in [-0.2, -0.15) is 0 Å². The molecule has 0 aliphatic carbocycles. The summed E-state index contributed by atoms with van der Waals surface area (Å²) in [6.07, 6.45) is 3.36. The second kappa shape index (κ2) is 15.9. The van der Waals surface area contributed by atoms with Crippen molar-refractivity contribution >= 4 is 34.0 Å². The minimum atomic E-state index is -0.493. The molecule has 6 aromatic rings. The van der Waals surface area contributed by atoms with Gasteiger partial charge in [-0.15, -0.1) is 0 Å². The Labute approximate surface area is 318 Å². The van der Waals surface area contributed by atoms with Gasteiger partial charge in [-0.3, -0.25) is 18.4 Å². The minimum absolute atomic E-state index is 0.0473. The predicted molar refractivity (Wildman–Crippen MR) is 217 cm³/mol. The van der Waals surface area contributed by atoms with Crippen LogP contribution in [-0.4, -0.2) is 98.8 Å². The maximum absolute atomic E-state index is 14.9. The van der Waals surface area contributed by atoms with Crippen LogP contribution >= 0.6 is 0 Å². The summed E-state index contributed by atoms with van der Waals surface area (Å²) in [7, 11) is 7.84. The van der Waals surface area contributed by atoms with Crippen molar-refractivity contribution in [2.24, 2.45) is 0 Å². The summed E-state index contributed by atoms with van der Waals surface area (Å²) in [5.41, 5.74) is 5.51. The van der Waals surface area contributed by atoms with Gasteiger partial charge in [-0.1, -0.05) is 24.3 Å². The van der Waals surface area contributed by atoms with Crippen molar-refractivity contribution in [1.82, 2.24) is 29.4 Å². The maximum atomic E-state index is 14.9. The van der Waals surface area contributed by atoms with Crippen LogP contribution in [0.2, 0.25) is 0 Å². The van der Waals surface area contributed by atoms with Crippen LogP contribution in [0.1, 0.15) is 6.92 Å². The first-order valence-corrected chi connectivity index (χ1v) is 18.4. The molecule has 2 aliphatic rings. The summed E-state index contributed by atoms with van der Waals surface area (Å²) >= 11 is 0. The summed E-state index contributed by atoms with van der Waals surface area (Å²) < 4.78 is 32.2. The number of hydrogen-bond acceptors (Lipinski definition) is 10. The zero-order valence-corrected chi connectivity index (χ0v) is 31.8. The fraction of sp³-hybridized carbons (Fsp3) is 0.317. The minimum Gasteiger partial charge on any atom is -0.378 e. The molecule has 2 N–H and O–H groups in total. The normalized spacial score (nSPS) is 15.9. The number of hydrogen-bond donors (Lipinski definition) is 2. The fourth-order valence-electron chi connectivity index (χ4n) is 6.89. The summed E-state index contributed by atoms with van der Waals surface area (Å²) in [5, 5.41) is 6.63. The Morgan fingerprint density at radius 2 is 1.07 bits per heavy atom. The number of nitrogens with one attached hydrogen (secondary N) is 2. The van der Waals surface area contributed by atoms with E-state index in [9.17, 15) is 18.4 Å². The molecule has 0 radical (unpaired) electrons. The molecule has 8 rings (SSSR count). The van der Waals surface area contributed by atoms with E-state index in [4.69, 9.17) is 0 Å². The highest BCUT2D eigenvalue weighted by Gasteiger charge is 2.20. The van der Waals surface area contributed by atoms with Crippen molar-refractivity contribution < 1.29 is 8.78 Å². The fourth-order valence-corrected chi connectivity index (χ4v) is 6.89. The monoisotopic (exact) mass is 748 g/mol. The van der Waals surface area contributed by atoms with Crippen LogP contribution in [0.25, 0.3) is 33.8 Å². The Kier molecular flexibility index (Phi) is 10.8. The van der Waals surface area contributed by atoms with Crippen molar-refractivity contribution in [3.05, 3.63) is 118 Å². The number of benzene rings is 2. The van der Waals surface area contributed by atoms with Gasteiger partial charge >= 0.3 is 0 Å². The third kappa shape index (κ3) is 8.15. The number of aromatic nitrogens is 4. The number of piperazine rings is 2. The van der Waals surface area contributed by atoms with Crippen LogP contribution in [0.4, 0.5) is 31.5 Å². The number of fused-ring (bicyclic) bond motifs is 2. The number of nitrogens with zero attached hydrogens (tertiary/aromatic N) is 8. The third-order valence-electron chi connectivity index (χ3n) is 9.98. The Morgan fingerprint density at radius 1 is 0.636 bits per heavy atom. The van der Waals surface area contributed by atoms with Gasteiger partial charge in [0.05, 0.1) is 22.8 Å². The zero-order chi connectivity index (χ0) is 38.8. The van der Waals surface area contributed by atoms with E-state index in [1.165, 1.54) is 33.1 Å². The first-order valence-electron chi connectivity index (χ1n) is 18.4. The highest BCUT2D eigenvalue weighted by atomic mass is 19.1. The van der Waals surface area contributed by atoms with E-state index in [2.05, 4.69) is 37.3 Å². The Hall–Kier alpha value is -5.86. The van der Waals surface area contributed by atoms with Crippen LogP contribution in [-0.2, 0) is 0 Å². The molecule has 4 aromatic heterocycles. The molecule has 2 aliphatic heterocycles. The van der Waals surface area contributed by atoms with Crippen LogP contribution < -0.4 is 41.4 Å². The quantitative estimate of drug-likeness (QED) is 0.256. The van der Waals surface area contributed by atoms with Gasteiger partial charge in [0.1, 0.15) is 0 Å². The molecule has 0 bridgehead atoms. The van der Waals surface area contributed by atoms with Crippen LogP contribution in [0.5, 0.6) is 0 Å². The zero-order valence-electron chi connectivity index (χ0n) is 31.8. The van der Waals surface area contributed by atoms with Crippen molar-refractivity contribution in [1.29, 1.82) is 0 Å². The molecule has 0 spiro atoms. The van der Waals surface area contributed by atoms with Gasteiger partial charge in [0, 0.05) is 139 Å². The topological polar surface area (TPSA) is 106 Å². The van der Waals surface area contributed by atoms with Gasteiger partial charge in [-0.25, -0.2) is 18.7 Å². The average Bonchev–Trinajstić information content (AvgIpc) is 3.19. The molecule has 14 heteroatoms. The highest BCUT2D eigenvalue weighted by Crippen LogP contribution is 2.25. The van der Waals surface area contributed by atoms with E-state index < -0.39 is 11.6 Å². The molecule has 0 saturated carbocycles. The van der Waals surface area contributed by atoms with Crippen LogP contribution in [0, 0.1) is 11.6 Å². The lowest BCUT2D eigenvalue weighted by Crippen LogP contribution is -2.49. The second-order valence-electron chi connectivity index (χ2n) is 14.4. The lowest BCUT2D eigenvalue weighted by molar-refractivity contribution is 0.483. The smallest absolute Gasteiger partial charge is 0.258 e. The van der Waals surface area contributed by atoms with E-state index in [1.54, 1.807) is 12.4 Å². The molecule has 6 heterocycles. The molecule has 12 nitrogen and oxygen atoms in total. The lowest BCUT2D eigenvalue weighted by Gasteiger charge is -2.33. The largest absolute Gasteiger partial charge is 0.378 e.